The Morgan fingerprint density at radius 3 is 1.22 bits per heavy atom. The average Bonchev–Trinajstić information content (AvgIpc) is 1.04. The van der Waals surface area contributed by atoms with E-state index in [0.29, 0.717) is 19.3 Å². The number of ether oxygens (including phenoxy) is 6. The lowest BCUT2D eigenvalue weighted by atomic mass is 9.96. The Kier molecular flexibility index (Phi) is 43.6. The van der Waals surface area contributed by atoms with E-state index in [2.05, 4.69) is 141 Å². The van der Waals surface area contributed by atoms with Crippen LogP contribution < -0.4 is 5.32 Å². The Bertz CT molecular complexity index is 2050. The van der Waals surface area contributed by atoms with Gasteiger partial charge in [0.05, 0.1) is 38.6 Å². The molecular formula is C68H111NO18. The maximum atomic E-state index is 13.3. The average molecular weight is 1230 g/mol. The van der Waals surface area contributed by atoms with Gasteiger partial charge in [-0.25, -0.2) is 0 Å². The minimum absolute atomic E-state index is 0.202. The Labute approximate surface area is 518 Å². The molecular weight excluding hydrogens is 1120 g/mol. The molecule has 3 aliphatic heterocycles. The van der Waals surface area contributed by atoms with Gasteiger partial charge in [-0.2, -0.15) is 0 Å². The van der Waals surface area contributed by atoms with Crippen molar-refractivity contribution in [2.45, 2.75) is 272 Å². The van der Waals surface area contributed by atoms with Crippen LogP contribution >= 0.6 is 0 Å². The van der Waals surface area contributed by atoms with E-state index in [4.69, 9.17) is 28.4 Å². The van der Waals surface area contributed by atoms with Gasteiger partial charge in [0, 0.05) is 6.42 Å². The molecule has 19 heteroatoms. The highest BCUT2D eigenvalue weighted by molar-refractivity contribution is 5.76. The molecule has 19 nitrogen and oxygen atoms in total. The van der Waals surface area contributed by atoms with Gasteiger partial charge in [0.2, 0.25) is 5.91 Å². The Balaban J connectivity index is 1.40. The van der Waals surface area contributed by atoms with Crippen molar-refractivity contribution in [2.24, 2.45) is 0 Å². The van der Waals surface area contributed by atoms with E-state index >= 15 is 0 Å². The molecule has 0 bridgehead atoms. The minimum atomic E-state index is -1.98. The Hall–Kier alpha value is -3.81. The highest BCUT2D eigenvalue weighted by Crippen LogP contribution is 2.33. The van der Waals surface area contributed by atoms with Crippen LogP contribution in [0.5, 0.6) is 0 Å². The number of nitrogens with one attached hydrogen (secondary N) is 1. The molecule has 3 aliphatic rings. The second-order valence-electron chi connectivity index (χ2n) is 22.5. The molecule has 17 unspecified atom stereocenters. The quantitative estimate of drug-likeness (QED) is 0.0211. The first-order chi connectivity index (χ1) is 42.3. The molecule has 87 heavy (non-hydrogen) atoms. The molecule has 3 heterocycles. The second kappa shape index (κ2) is 49.0. The van der Waals surface area contributed by atoms with Gasteiger partial charge in [-0.1, -0.05) is 193 Å². The summed E-state index contributed by atoms with van der Waals surface area (Å²) in [6.07, 6.45) is 38.8. The number of aliphatic hydroxyl groups excluding tert-OH is 11. The number of hydrogen-bond donors (Lipinski definition) is 12. The fourth-order valence-electron chi connectivity index (χ4n) is 10.0. The summed E-state index contributed by atoms with van der Waals surface area (Å²) in [5, 5.41) is 120. The maximum absolute atomic E-state index is 13.3. The van der Waals surface area contributed by atoms with Crippen molar-refractivity contribution in [1.82, 2.24) is 5.32 Å². The lowest BCUT2D eigenvalue weighted by Gasteiger charge is -2.48. The molecule has 0 aromatic heterocycles. The van der Waals surface area contributed by atoms with Gasteiger partial charge in [-0.3, -0.25) is 4.79 Å². The van der Waals surface area contributed by atoms with Crippen LogP contribution in [-0.4, -0.2) is 193 Å². The molecule has 0 aromatic carbocycles. The predicted octanol–water partition coefficient (Wildman–Crippen LogP) is 7.26. The fraction of sp³-hybridized carbons (Fsp3) is 0.691. The van der Waals surface area contributed by atoms with Gasteiger partial charge in [0.15, 0.2) is 18.9 Å². The Morgan fingerprint density at radius 1 is 0.425 bits per heavy atom. The molecule has 3 rings (SSSR count). The second-order valence-corrected chi connectivity index (χ2v) is 22.5. The third-order valence-corrected chi connectivity index (χ3v) is 15.3. The monoisotopic (exact) mass is 1230 g/mol. The molecule has 0 saturated carbocycles. The van der Waals surface area contributed by atoms with Crippen LogP contribution in [0, 0.1) is 0 Å². The molecule has 12 N–H and O–H groups in total. The van der Waals surface area contributed by atoms with Crippen molar-refractivity contribution in [2.75, 3.05) is 26.4 Å². The summed E-state index contributed by atoms with van der Waals surface area (Å²) in [5.74, 6) is -0.294. The van der Waals surface area contributed by atoms with Crippen molar-refractivity contribution in [1.29, 1.82) is 0 Å². The summed E-state index contributed by atoms with van der Waals surface area (Å²) >= 11 is 0. The largest absolute Gasteiger partial charge is 0.394 e. The fourth-order valence-corrected chi connectivity index (χ4v) is 10.0. The summed E-state index contributed by atoms with van der Waals surface area (Å²) < 4.78 is 34.2. The smallest absolute Gasteiger partial charge is 0.220 e. The van der Waals surface area contributed by atoms with Crippen LogP contribution in [0.1, 0.15) is 168 Å². The number of hydrogen-bond acceptors (Lipinski definition) is 18. The molecule has 3 fully saturated rings. The molecule has 0 radical (unpaired) electrons. The lowest BCUT2D eigenvalue weighted by Crippen LogP contribution is -2.66. The van der Waals surface area contributed by atoms with E-state index in [1.54, 1.807) is 0 Å². The molecule has 17 atom stereocenters. The number of allylic oxidation sites excluding steroid dienone is 20. The van der Waals surface area contributed by atoms with E-state index in [-0.39, 0.29) is 18.9 Å². The molecule has 0 aromatic rings. The third kappa shape index (κ3) is 31.7. The number of unbranched alkanes of at least 4 members (excludes halogenated alkanes) is 10. The van der Waals surface area contributed by atoms with Crippen molar-refractivity contribution in [3.63, 3.8) is 0 Å². The summed E-state index contributed by atoms with van der Waals surface area (Å²) in [7, 11) is 0. The van der Waals surface area contributed by atoms with Crippen LogP contribution in [-0.2, 0) is 33.2 Å². The van der Waals surface area contributed by atoms with Crippen LogP contribution in [0.15, 0.2) is 122 Å². The van der Waals surface area contributed by atoms with Crippen LogP contribution in [0.2, 0.25) is 0 Å². The van der Waals surface area contributed by atoms with Crippen LogP contribution in [0.25, 0.3) is 0 Å². The maximum Gasteiger partial charge on any atom is 0.220 e. The van der Waals surface area contributed by atoms with E-state index in [1.807, 2.05) is 0 Å². The minimum Gasteiger partial charge on any atom is -0.394 e. The summed E-state index contributed by atoms with van der Waals surface area (Å²) in [6, 6.07) is -0.918. The molecule has 0 aliphatic carbocycles. The predicted molar refractivity (Wildman–Crippen MR) is 336 cm³/mol. The van der Waals surface area contributed by atoms with Crippen LogP contribution in [0.3, 0.4) is 0 Å². The Morgan fingerprint density at radius 2 is 0.793 bits per heavy atom. The molecule has 496 valence electrons. The van der Waals surface area contributed by atoms with Gasteiger partial charge in [0.1, 0.15) is 73.2 Å². The summed E-state index contributed by atoms with van der Waals surface area (Å²) in [4.78, 5) is 13.3. The first-order valence-corrected chi connectivity index (χ1v) is 32.3. The molecule has 3 saturated heterocycles. The lowest BCUT2D eigenvalue weighted by molar-refractivity contribution is -0.379. The number of carbonyl (C=O) groups is 1. The van der Waals surface area contributed by atoms with Gasteiger partial charge in [-0.05, 0) is 89.9 Å². The summed E-state index contributed by atoms with van der Waals surface area (Å²) in [5.41, 5.74) is 0. The van der Waals surface area contributed by atoms with Gasteiger partial charge >= 0.3 is 0 Å². The zero-order chi connectivity index (χ0) is 63.3. The topological polar surface area (TPSA) is 307 Å². The zero-order valence-corrected chi connectivity index (χ0v) is 51.9. The van der Waals surface area contributed by atoms with Crippen LogP contribution in [0.4, 0.5) is 0 Å². The first kappa shape index (κ1) is 77.4. The van der Waals surface area contributed by atoms with Crippen molar-refractivity contribution >= 4 is 5.91 Å². The van der Waals surface area contributed by atoms with Gasteiger partial charge < -0.3 is 89.9 Å². The molecule has 0 spiro atoms. The highest BCUT2D eigenvalue weighted by atomic mass is 16.8. The normalized spacial score (nSPS) is 29.4. The standard InChI is InChI=1S/C68H111NO18/c1-3-5-7-9-11-13-14-15-16-17-18-19-20-21-22-23-24-25-26-27-28-29-30-31-32-33-34-35-36-38-40-42-44-46-56(74)69-51(52(73)45-43-41-39-37-12-10-8-6-4-2)50-82-66-62(80)59(77)64(54(48-71)84-66)87-68-63(81)60(78)65(55(49-72)85-68)86-67-61(79)58(76)57(75)53(47-70)83-67/h5,7,11,13,15-16,18-19,21-22,24-25,27-28,30-31,33-34,36,38,51-55,57-68,70-73,75-81H,3-4,6,8-10,12,14,17,20,23,26,29,32,35,37,39-50H2,1-2H3,(H,69,74)/b7-5-,13-11-,16-15-,19-18-,22-21-,25-24-,28-27-,31-30-,34-33-,38-36-. The van der Waals surface area contributed by atoms with E-state index in [9.17, 15) is 61.0 Å². The zero-order valence-electron chi connectivity index (χ0n) is 51.9. The van der Waals surface area contributed by atoms with Crippen molar-refractivity contribution < 1.29 is 89.4 Å². The number of rotatable bonds is 46. The molecule has 1 amide bonds. The SMILES string of the molecule is CC/C=C\C/C=C\C/C=C\C/C=C\C/C=C\C/C=C\C/C=C\C/C=C\C/C=C\C/C=C\CCCCC(=O)NC(COC1OC(CO)C(OC2OC(CO)C(OC3OC(CO)C(O)C(O)C3O)C(O)C2O)C(O)C1O)C(O)CCCCCCCCCCC. The number of carbonyl (C=O) groups excluding carboxylic acids is 1. The summed E-state index contributed by atoms with van der Waals surface area (Å²) in [6.45, 7) is 1.57. The number of aliphatic hydroxyl groups is 11. The van der Waals surface area contributed by atoms with Gasteiger partial charge in [0.25, 0.3) is 0 Å². The van der Waals surface area contributed by atoms with E-state index in [0.717, 1.165) is 103 Å². The van der Waals surface area contributed by atoms with Crippen molar-refractivity contribution in [3.05, 3.63) is 122 Å². The van der Waals surface area contributed by atoms with Gasteiger partial charge in [-0.15, -0.1) is 0 Å². The van der Waals surface area contributed by atoms with E-state index < -0.39 is 124 Å². The van der Waals surface area contributed by atoms with Crippen molar-refractivity contribution in [3.8, 4) is 0 Å². The van der Waals surface area contributed by atoms with E-state index in [1.165, 1.54) is 25.7 Å². The number of amides is 1. The highest BCUT2D eigenvalue weighted by Gasteiger charge is 2.53. The first-order valence-electron chi connectivity index (χ1n) is 32.3. The third-order valence-electron chi connectivity index (χ3n) is 15.3.